The van der Waals surface area contributed by atoms with Gasteiger partial charge in [0.05, 0.1) is 16.2 Å². The molecular formula is C21H20F3N5O2S. The molecule has 1 aliphatic heterocycles. The van der Waals surface area contributed by atoms with Gasteiger partial charge in [-0.05, 0) is 17.7 Å². The summed E-state index contributed by atoms with van der Waals surface area (Å²) in [5.41, 5.74) is 1.19. The number of hydrogen-bond acceptors (Lipinski definition) is 6. The average Bonchev–Trinajstić information content (AvgIpc) is 2.78. The van der Waals surface area contributed by atoms with Gasteiger partial charge in [0.2, 0.25) is 15.8 Å². The number of primary sulfonamides is 1. The van der Waals surface area contributed by atoms with Gasteiger partial charge in [0, 0.05) is 31.7 Å². The maximum absolute atomic E-state index is 13.8. The summed E-state index contributed by atoms with van der Waals surface area (Å²) in [6, 6.07) is 14.3. The zero-order valence-electron chi connectivity index (χ0n) is 16.8. The van der Waals surface area contributed by atoms with Crippen molar-refractivity contribution in [2.45, 2.75) is 11.1 Å². The number of rotatable bonds is 4. The first-order chi connectivity index (χ1) is 15.1. The van der Waals surface area contributed by atoms with Crippen molar-refractivity contribution in [3.8, 4) is 22.4 Å². The zero-order valence-corrected chi connectivity index (χ0v) is 17.6. The highest BCUT2D eigenvalue weighted by molar-refractivity contribution is 7.89. The van der Waals surface area contributed by atoms with E-state index in [1.807, 2.05) is 0 Å². The van der Waals surface area contributed by atoms with Crippen molar-refractivity contribution in [1.29, 1.82) is 0 Å². The summed E-state index contributed by atoms with van der Waals surface area (Å²) < 4.78 is 65.0. The molecule has 11 heteroatoms. The van der Waals surface area contributed by atoms with E-state index in [-0.39, 0.29) is 22.0 Å². The molecule has 0 saturated carbocycles. The molecule has 0 unspecified atom stereocenters. The fourth-order valence-corrected chi connectivity index (χ4v) is 4.14. The SMILES string of the molecule is NS(=O)(=O)c1cccc(-c2nc(C(F)(F)F)nc(N3CCNCC3)c2-c2ccccc2)c1. The Balaban J connectivity index is 2.05. The Morgan fingerprint density at radius 1 is 0.938 bits per heavy atom. The van der Waals surface area contributed by atoms with Crippen molar-refractivity contribution in [1.82, 2.24) is 15.3 Å². The highest BCUT2D eigenvalue weighted by atomic mass is 32.2. The summed E-state index contributed by atoms with van der Waals surface area (Å²) in [4.78, 5) is 9.34. The van der Waals surface area contributed by atoms with Crippen LogP contribution in [0.25, 0.3) is 22.4 Å². The largest absolute Gasteiger partial charge is 0.451 e. The molecule has 1 fully saturated rings. The summed E-state index contributed by atoms with van der Waals surface area (Å²) >= 11 is 0. The second kappa shape index (κ2) is 8.49. The Hall–Kier alpha value is -3.02. The summed E-state index contributed by atoms with van der Waals surface area (Å²) in [5.74, 6) is -1.14. The Morgan fingerprint density at radius 3 is 2.22 bits per heavy atom. The normalized spacial score (nSPS) is 15.1. The first-order valence-electron chi connectivity index (χ1n) is 9.78. The van der Waals surface area contributed by atoms with Crippen molar-refractivity contribution in [2.75, 3.05) is 31.1 Å². The van der Waals surface area contributed by atoms with Crippen molar-refractivity contribution in [2.24, 2.45) is 5.14 Å². The summed E-state index contributed by atoms with van der Waals surface area (Å²) in [7, 11) is -4.06. The third-order valence-electron chi connectivity index (χ3n) is 5.06. The lowest BCUT2D eigenvalue weighted by atomic mass is 9.98. The van der Waals surface area contributed by atoms with Crippen LogP contribution in [0.5, 0.6) is 0 Å². The van der Waals surface area contributed by atoms with Crippen LogP contribution in [0, 0.1) is 0 Å². The number of anilines is 1. The van der Waals surface area contributed by atoms with Crippen molar-refractivity contribution < 1.29 is 21.6 Å². The van der Waals surface area contributed by atoms with E-state index >= 15 is 0 Å². The van der Waals surface area contributed by atoms with Gasteiger partial charge in [-0.1, -0.05) is 42.5 Å². The minimum Gasteiger partial charge on any atom is -0.353 e. The highest BCUT2D eigenvalue weighted by Crippen LogP contribution is 2.40. The van der Waals surface area contributed by atoms with E-state index in [2.05, 4.69) is 15.3 Å². The standard InChI is InChI=1S/C21H20F3N5O2S/c22-21(23,24)20-27-18(15-7-4-8-16(13-15)32(25,30)31)17(14-5-2-1-3-6-14)19(28-20)29-11-9-26-10-12-29/h1-8,13,26H,9-12H2,(H2,25,30,31). The minimum absolute atomic E-state index is 0.0162. The van der Waals surface area contributed by atoms with Gasteiger partial charge in [0.25, 0.3) is 0 Å². The number of nitrogens with zero attached hydrogens (tertiary/aromatic N) is 3. The topological polar surface area (TPSA) is 101 Å². The van der Waals surface area contributed by atoms with Gasteiger partial charge >= 0.3 is 6.18 Å². The van der Waals surface area contributed by atoms with Crippen LogP contribution in [0.2, 0.25) is 0 Å². The van der Waals surface area contributed by atoms with Gasteiger partial charge in [0.15, 0.2) is 0 Å². The zero-order chi connectivity index (χ0) is 22.9. The fourth-order valence-electron chi connectivity index (χ4n) is 3.58. The number of hydrogen-bond donors (Lipinski definition) is 2. The monoisotopic (exact) mass is 463 g/mol. The van der Waals surface area contributed by atoms with E-state index < -0.39 is 22.0 Å². The lowest BCUT2D eigenvalue weighted by Gasteiger charge is -2.31. The predicted molar refractivity (Wildman–Crippen MR) is 114 cm³/mol. The van der Waals surface area contributed by atoms with E-state index in [0.29, 0.717) is 37.3 Å². The highest BCUT2D eigenvalue weighted by Gasteiger charge is 2.37. The summed E-state index contributed by atoms with van der Waals surface area (Å²) in [5, 5.41) is 8.41. The van der Waals surface area contributed by atoms with Crippen LogP contribution in [-0.2, 0) is 16.2 Å². The third-order valence-corrected chi connectivity index (χ3v) is 5.97. The van der Waals surface area contributed by atoms with Crippen LogP contribution in [0.15, 0.2) is 59.5 Å². The molecule has 0 spiro atoms. The van der Waals surface area contributed by atoms with Crippen LogP contribution >= 0.6 is 0 Å². The van der Waals surface area contributed by atoms with Crippen molar-refractivity contribution in [3.05, 3.63) is 60.4 Å². The molecule has 1 aliphatic rings. The van der Waals surface area contributed by atoms with Gasteiger partial charge in [-0.3, -0.25) is 0 Å². The molecule has 1 saturated heterocycles. The van der Waals surface area contributed by atoms with Gasteiger partial charge in [-0.2, -0.15) is 13.2 Å². The quantitative estimate of drug-likeness (QED) is 0.617. The Morgan fingerprint density at radius 2 is 1.59 bits per heavy atom. The van der Waals surface area contributed by atoms with E-state index in [1.165, 1.54) is 24.3 Å². The lowest BCUT2D eigenvalue weighted by Crippen LogP contribution is -2.44. The smallest absolute Gasteiger partial charge is 0.353 e. The van der Waals surface area contributed by atoms with Crippen LogP contribution in [0.1, 0.15) is 5.82 Å². The lowest BCUT2D eigenvalue weighted by molar-refractivity contribution is -0.144. The number of nitrogens with two attached hydrogens (primary N) is 1. The number of benzene rings is 2. The Kier molecular flexibility index (Phi) is 5.89. The van der Waals surface area contributed by atoms with Gasteiger partial charge in [-0.15, -0.1) is 0 Å². The maximum atomic E-state index is 13.8. The second-order valence-corrected chi connectivity index (χ2v) is 8.83. The molecule has 0 radical (unpaired) electrons. The molecule has 32 heavy (non-hydrogen) atoms. The first kappa shape index (κ1) is 22.2. The van der Waals surface area contributed by atoms with E-state index in [0.717, 1.165) is 0 Å². The van der Waals surface area contributed by atoms with E-state index in [1.54, 1.807) is 35.2 Å². The van der Waals surface area contributed by atoms with Crippen LogP contribution in [-0.4, -0.2) is 44.6 Å². The van der Waals surface area contributed by atoms with Crippen molar-refractivity contribution >= 4 is 15.8 Å². The fraction of sp³-hybridized carbons (Fsp3) is 0.238. The number of piperazine rings is 1. The molecule has 1 aromatic heterocycles. The van der Waals surface area contributed by atoms with E-state index in [9.17, 15) is 21.6 Å². The van der Waals surface area contributed by atoms with Crippen LogP contribution in [0.3, 0.4) is 0 Å². The van der Waals surface area contributed by atoms with Gasteiger partial charge in [-0.25, -0.2) is 23.5 Å². The second-order valence-electron chi connectivity index (χ2n) is 7.27. The molecule has 0 amide bonds. The molecule has 3 N–H and O–H groups in total. The molecule has 0 aliphatic carbocycles. The summed E-state index contributed by atoms with van der Waals surface area (Å²) in [6.07, 6.45) is -4.79. The van der Waals surface area contributed by atoms with Crippen LogP contribution < -0.4 is 15.4 Å². The molecule has 0 bridgehead atoms. The number of alkyl halides is 3. The number of halogens is 3. The molecular weight excluding hydrogens is 443 g/mol. The molecule has 3 aromatic rings. The Bertz CT molecular complexity index is 1230. The van der Waals surface area contributed by atoms with Crippen molar-refractivity contribution in [3.63, 3.8) is 0 Å². The summed E-state index contributed by atoms with van der Waals surface area (Å²) in [6.45, 7) is 2.11. The first-order valence-corrected chi connectivity index (χ1v) is 11.3. The van der Waals surface area contributed by atoms with Gasteiger partial charge < -0.3 is 10.2 Å². The average molecular weight is 463 g/mol. The van der Waals surface area contributed by atoms with E-state index in [4.69, 9.17) is 5.14 Å². The predicted octanol–water partition coefficient (Wildman–Crippen LogP) is 2.89. The van der Waals surface area contributed by atoms with Gasteiger partial charge in [0.1, 0.15) is 5.82 Å². The van der Waals surface area contributed by atoms with Crippen LogP contribution in [0.4, 0.5) is 19.0 Å². The Labute approximate surface area is 183 Å². The molecule has 0 atom stereocenters. The maximum Gasteiger partial charge on any atom is 0.451 e. The molecule has 2 heterocycles. The minimum atomic E-state index is -4.79. The number of aromatic nitrogens is 2. The molecule has 4 rings (SSSR count). The molecule has 2 aromatic carbocycles. The number of nitrogens with one attached hydrogen (secondary N) is 1. The molecule has 168 valence electrons. The number of sulfonamides is 1. The molecule has 7 nitrogen and oxygen atoms in total. The third kappa shape index (κ3) is 4.59.